The van der Waals surface area contributed by atoms with E-state index in [1.165, 1.54) is 0 Å². The van der Waals surface area contributed by atoms with Gasteiger partial charge in [-0.15, -0.1) is 0 Å². The van der Waals surface area contributed by atoms with E-state index in [2.05, 4.69) is 15.9 Å². The van der Waals surface area contributed by atoms with Crippen molar-refractivity contribution in [3.05, 3.63) is 65.2 Å². The van der Waals surface area contributed by atoms with Gasteiger partial charge in [0.2, 0.25) is 5.91 Å². The number of amides is 1. The van der Waals surface area contributed by atoms with Crippen molar-refractivity contribution in [2.24, 2.45) is 5.73 Å². The van der Waals surface area contributed by atoms with Gasteiger partial charge in [0.15, 0.2) is 0 Å². The maximum absolute atomic E-state index is 11.3. The van der Waals surface area contributed by atoms with Crippen LogP contribution in [0.4, 0.5) is 0 Å². The van der Waals surface area contributed by atoms with E-state index in [9.17, 15) is 4.79 Å². The number of benzene rings is 2. The van der Waals surface area contributed by atoms with Gasteiger partial charge in [0.25, 0.3) is 0 Å². The Hall–Kier alpha value is -1.85. The summed E-state index contributed by atoms with van der Waals surface area (Å²) in [6.07, 6.45) is 0. The first-order valence-corrected chi connectivity index (χ1v) is 7.30. The van der Waals surface area contributed by atoms with E-state index < -0.39 is 5.91 Å². The Morgan fingerprint density at radius 3 is 2.57 bits per heavy atom. The number of rotatable bonds is 6. The van der Waals surface area contributed by atoms with Gasteiger partial charge in [-0.2, -0.15) is 0 Å². The van der Waals surface area contributed by atoms with E-state index in [0.29, 0.717) is 17.9 Å². The summed E-state index contributed by atoms with van der Waals surface area (Å²) >= 11 is 3.39. The first-order valence-electron chi connectivity index (χ1n) is 6.39. The second-order valence-corrected chi connectivity index (χ2v) is 5.27. The largest absolute Gasteiger partial charge is 0.488 e. The Morgan fingerprint density at radius 1 is 1.24 bits per heavy atom. The molecule has 0 saturated carbocycles. The molecule has 0 aliphatic carbocycles. The third kappa shape index (κ3) is 4.06. The third-order valence-electron chi connectivity index (χ3n) is 2.98. The van der Waals surface area contributed by atoms with Crippen molar-refractivity contribution in [3.63, 3.8) is 0 Å². The molecule has 0 aliphatic heterocycles. The number of methoxy groups -OCH3 is 1. The lowest BCUT2D eigenvalue weighted by molar-refractivity contribution is 0.1000. The fourth-order valence-electron chi connectivity index (χ4n) is 1.87. The van der Waals surface area contributed by atoms with Gasteiger partial charge in [0.1, 0.15) is 17.4 Å². The van der Waals surface area contributed by atoms with E-state index >= 15 is 0 Å². The minimum absolute atomic E-state index is 0.373. The number of nitrogens with two attached hydrogens (primary N) is 1. The highest BCUT2D eigenvalue weighted by Crippen LogP contribution is 2.33. The molecule has 1 amide bonds. The first kappa shape index (κ1) is 15.5. The molecule has 2 aromatic rings. The monoisotopic (exact) mass is 349 g/mol. The fraction of sp³-hybridized carbons (Fsp3) is 0.188. The zero-order chi connectivity index (χ0) is 15.2. The van der Waals surface area contributed by atoms with Crippen molar-refractivity contribution in [2.45, 2.75) is 11.6 Å². The number of carbonyl (C=O) groups is 1. The predicted molar refractivity (Wildman–Crippen MR) is 84.4 cm³/mol. The molecule has 2 rings (SSSR count). The molecule has 0 aliphatic rings. The number of alkyl halides is 1. The SMILES string of the molecule is COC(Br)c1cc(C(N)=O)ccc1OCc1ccccc1. The van der Waals surface area contributed by atoms with Crippen LogP contribution in [-0.2, 0) is 11.3 Å². The summed E-state index contributed by atoms with van der Waals surface area (Å²) in [5.74, 6) is 0.161. The van der Waals surface area contributed by atoms with E-state index in [4.69, 9.17) is 15.2 Å². The molecule has 1 atom stereocenters. The van der Waals surface area contributed by atoms with Crippen LogP contribution in [-0.4, -0.2) is 13.0 Å². The van der Waals surface area contributed by atoms with Crippen LogP contribution in [0.1, 0.15) is 26.5 Å². The van der Waals surface area contributed by atoms with Crippen LogP contribution in [0.15, 0.2) is 48.5 Å². The molecule has 0 fully saturated rings. The number of carbonyl (C=O) groups excluding carboxylic acids is 1. The Morgan fingerprint density at radius 2 is 1.95 bits per heavy atom. The van der Waals surface area contributed by atoms with Crippen LogP contribution >= 0.6 is 15.9 Å². The lowest BCUT2D eigenvalue weighted by Crippen LogP contribution is -2.12. The van der Waals surface area contributed by atoms with E-state index in [-0.39, 0.29) is 5.01 Å². The summed E-state index contributed by atoms with van der Waals surface area (Å²) in [4.78, 5) is 11.3. The molecule has 1 unspecified atom stereocenters. The maximum atomic E-state index is 11.3. The quantitative estimate of drug-likeness (QED) is 0.813. The van der Waals surface area contributed by atoms with Crippen LogP contribution in [0.5, 0.6) is 5.75 Å². The number of primary amides is 1. The summed E-state index contributed by atoms with van der Waals surface area (Å²) < 4.78 is 11.1. The zero-order valence-electron chi connectivity index (χ0n) is 11.6. The summed E-state index contributed by atoms with van der Waals surface area (Å²) in [6, 6.07) is 14.9. The lowest BCUT2D eigenvalue weighted by Gasteiger charge is -2.16. The summed E-state index contributed by atoms with van der Waals surface area (Å²) in [6.45, 7) is 0.438. The lowest BCUT2D eigenvalue weighted by atomic mass is 10.1. The molecular formula is C16H16BrNO3. The zero-order valence-corrected chi connectivity index (χ0v) is 13.2. The molecule has 0 heterocycles. The molecule has 2 N–H and O–H groups in total. The van der Waals surface area contributed by atoms with Crippen molar-refractivity contribution < 1.29 is 14.3 Å². The highest BCUT2D eigenvalue weighted by atomic mass is 79.9. The third-order valence-corrected chi connectivity index (χ3v) is 3.85. The van der Waals surface area contributed by atoms with Crippen LogP contribution < -0.4 is 10.5 Å². The Bertz CT molecular complexity index is 616. The minimum Gasteiger partial charge on any atom is -0.488 e. The fourth-order valence-corrected chi connectivity index (χ4v) is 2.23. The molecule has 4 nitrogen and oxygen atoms in total. The standard InChI is InChI=1S/C16H16BrNO3/c1-20-15(17)13-9-12(16(18)19)7-8-14(13)21-10-11-5-3-2-4-6-11/h2-9,15H,10H2,1H3,(H2,18,19). The van der Waals surface area contributed by atoms with Crippen molar-refractivity contribution in [2.75, 3.05) is 7.11 Å². The number of hydrogen-bond donors (Lipinski definition) is 1. The van der Waals surface area contributed by atoms with E-state index in [0.717, 1.165) is 11.1 Å². The number of hydrogen-bond acceptors (Lipinski definition) is 3. The molecule has 2 aromatic carbocycles. The highest BCUT2D eigenvalue weighted by molar-refractivity contribution is 9.09. The summed E-state index contributed by atoms with van der Waals surface area (Å²) in [5.41, 5.74) is 7.51. The van der Waals surface area contributed by atoms with Gasteiger partial charge in [0.05, 0.1) is 0 Å². The van der Waals surface area contributed by atoms with Crippen molar-refractivity contribution in [1.82, 2.24) is 0 Å². The van der Waals surface area contributed by atoms with Gasteiger partial charge in [-0.1, -0.05) is 46.3 Å². The average Bonchev–Trinajstić information content (AvgIpc) is 2.52. The van der Waals surface area contributed by atoms with Crippen molar-refractivity contribution >= 4 is 21.8 Å². The Kier molecular flexibility index (Phi) is 5.36. The maximum Gasteiger partial charge on any atom is 0.248 e. The molecule has 110 valence electrons. The second kappa shape index (κ2) is 7.24. The first-order chi connectivity index (χ1) is 10.1. The van der Waals surface area contributed by atoms with Crippen molar-refractivity contribution in [1.29, 1.82) is 0 Å². The van der Waals surface area contributed by atoms with Crippen LogP contribution in [0, 0.1) is 0 Å². The molecule has 0 radical (unpaired) electrons. The minimum atomic E-state index is -0.485. The van der Waals surface area contributed by atoms with Gasteiger partial charge >= 0.3 is 0 Å². The molecule has 0 saturated heterocycles. The molecule has 0 aromatic heterocycles. The number of halogens is 1. The number of ether oxygens (including phenoxy) is 2. The second-order valence-electron chi connectivity index (χ2n) is 4.44. The Balaban J connectivity index is 2.23. The molecule has 0 spiro atoms. The molecular weight excluding hydrogens is 334 g/mol. The van der Waals surface area contributed by atoms with Crippen LogP contribution in [0.25, 0.3) is 0 Å². The van der Waals surface area contributed by atoms with Crippen LogP contribution in [0.2, 0.25) is 0 Å². The predicted octanol–water partition coefficient (Wildman–Crippen LogP) is 3.40. The Labute approximate surface area is 132 Å². The molecule has 21 heavy (non-hydrogen) atoms. The van der Waals surface area contributed by atoms with E-state index in [1.54, 1.807) is 25.3 Å². The van der Waals surface area contributed by atoms with Gasteiger partial charge in [-0.25, -0.2) is 0 Å². The average molecular weight is 350 g/mol. The van der Waals surface area contributed by atoms with Gasteiger partial charge in [0, 0.05) is 18.2 Å². The van der Waals surface area contributed by atoms with Gasteiger partial charge in [-0.05, 0) is 23.8 Å². The summed E-state index contributed by atoms with van der Waals surface area (Å²) in [7, 11) is 1.57. The van der Waals surface area contributed by atoms with Gasteiger partial charge < -0.3 is 15.2 Å². The smallest absolute Gasteiger partial charge is 0.248 e. The van der Waals surface area contributed by atoms with Gasteiger partial charge in [-0.3, -0.25) is 4.79 Å². The highest BCUT2D eigenvalue weighted by Gasteiger charge is 2.15. The van der Waals surface area contributed by atoms with Crippen molar-refractivity contribution in [3.8, 4) is 5.75 Å². The normalized spacial score (nSPS) is 11.9. The molecule has 0 bridgehead atoms. The molecule has 5 heteroatoms. The topological polar surface area (TPSA) is 61.5 Å². The van der Waals surface area contributed by atoms with Crippen LogP contribution in [0.3, 0.4) is 0 Å². The summed E-state index contributed by atoms with van der Waals surface area (Å²) in [5, 5.41) is -0.373. The van der Waals surface area contributed by atoms with E-state index in [1.807, 2.05) is 30.3 Å².